The molecular formula is C9H9Cl3O. The van der Waals surface area contributed by atoms with Gasteiger partial charge >= 0.3 is 0 Å². The van der Waals surface area contributed by atoms with Crippen LogP contribution < -0.4 is 0 Å². The van der Waals surface area contributed by atoms with Gasteiger partial charge in [0.25, 0.3) is 0 Å². The van der Waals surface area contributed by atoms with Gasteiger partial charge in [-0.2, -0.15) is 0 Å². The van der Waals surface area contributed by atoms with Crippen molar-refractivity contribution in [1.82, 2.24) is 0 Å². The Bertz CT molecular complexity index is 299. The molecule has 0 aromatic heterocycles. The fourth-order valence-electron chi connectivity index (χ4n) is 0.939. The van der Waals surface area contributed by atoms with Crippen LogP contribution in [0.2, 0.25) is 5.02 Å². The van der Waals surface area contributed by atoms with Crippen molar-refractivity contribution in [3.05, 3.63) is 34.3 Å². The topological polar surface area (TPSA) is 20.2 Å². The molecular weight excluding hydrogens is 230 g/mol. The minimum absolute atomic E-state index is 0.602. The maximum Gasteiger partial charge on any atom is 0.137 e. The van der Waals surface area contributed by atoms with Crippen LogP contribution >= 0.6 is 34.8 Å². The summed E-state index contributed by atoms with van der Waals surface area (Å²) in [6.45, 7) is 1.89. The van der Waals surface area contributed by atoms with E-state index in [1.807, 2.05) is 13.0 Å². The van der Waals surface area contributed by atoms with Crippen LogP contribution in [0.3, 0.4) is 0 Å². The van der Waals surface area contributed by atoms with Crippen molar-refractivity contribution < 1.29 is 5.11 Å². The number of hydrogen-bond donors (Lipinski definition) is 1. The van der Waals surface area contributed by atoms with Crippen LogP contribution in [0.5, 0.6) is 0 Å². The second-order valence-corrected chi connectivity index (χ2v) is 4.36. The summed E-state index contributed by atoms with van der Waals surface area (Å²) in [5.74, 6) is 0. The van der Waals surface area contributed by atoms with Gasteiger partial charge in [0.05, 0.1) is 0 Å². The van der Waals surface area contributed by atoms with Crippen molar-refractivity contribution in [2.45, 2.75) is 17.9 Å². The predicted molar refractivity (Wildman–Crippen MR) is 56.6 cm³/mol. The van der Waals surface area contributed by atoms with E-state index >= 15 is 0 Å². The van der Waals surface area contributed by atoms with Crippen molar-refractivity contribution in [3.8, 4) is 0 Å². The van der Waals surface area contributed by atoms with Crippen LogP contribution in [-0.4, -0.2) is 9.94 Å². The molecule has 13 heavy (non-hydrogen) atoms. The van der Waals surface area contributed by atoms with Gasteiger partial charge in [0.1, 0.15) is 10.9 Å². The summed E-state index contributed by atoms with van der Waals surface area (Å²) in [4.78, 5) is -0.834. The molecule has 0 bridgehead atoms. The zero-order valence-corrected chi connectivity index (χ0v) is 9.24. The number of aliphatic hydroxyl groups is 1. The fourth-order valence-corrected chi connectivity index (χ4v) is 1.42. The lowest BCUT2D eigenvalue weighted by atomic mass is 10.1. The number of aryl methyl sites for hydroxylation is 1. The van der Waals surface area contributed by atoms with Crippen LogP contribution in [0.4, 0.5) is 0 Å². The molecule has 72 valence electrons. The minimum Gasteiger partial charge on any atom is -0.386 e. The lowest BCUT2D eigenvalue weighted by molar-refractivity contribution is 0.193. The quantitative estimate of drug-likeness (QED) is 0.784. The van der Waals surface area contributed by atoms with E-state index in [4.69, 9.17) is 34.8 Å². The van der Waals surface area contributed by atoms with Gasteiger partial charge in [0, 0.05) is 5.02 Å². The van der Waals surface area contributed by atoms with Gasteiger partial charge in [0.15, 0.2) is 0 Å². The molecule has 1 N–H and O–H groups in total. The molecule has 1 unspecified atom stereocenters. The molecule has 1 nitrogen and oxygen atoms in total. The van der Waals surface area contributed by atoms with E-state index in [1.165, 1.54) is 0 Å². The second-order valence-electron chi connectivity index (χ2n) is 2.79. The Hall–Kier alpha value is 0.0500. The number of hydrogen-bond acceptors (Lipinski definition) is 1. The van der Waals surface area contributed by atoms with E-state index in [1.54, 1.807) is 12.1 Å². The lowest BCUT2D eigenvalue weighted by Gasteiger charge is -2.12. The second kappa shape index (κ2) is 4.52. The van der Waals surface area contributed by atoms with E-state index in [0.29, 0.717) is 10.6 Å². The first-order chi connectivity index (χ1) is 6.02. The number of rotatable bonds is 2. The molecule has 0 fully saturated rings. The van der Waals surface area contributed by atoms with Crippen LogP contribution in [0.15, 0.2) is 18.2 Å². The van der Waals surface area contributed by atoms with Crippen molar-refractivity contribution in [2.75, 3.05) is 0 Å². The van der Waals surface area contributed by atoms with E-state index in [2.05, 4.69) is 0 Å². The number of benzene rings is 1. The van der Waals surface area contributed by atoms with Gasteiger partial charge < -0.3 is 5.11 Å². The third-order valence-corrected chi connectivity index (χ3v) is 2.66. The Labute approximate surface area is 92.2 Å². The monoisotopic (exact) mass is 238 g/mol. The molecule has 0 aliphatic rings. The Kier molecular flexibility index (Phi) is 3.87. The molecule has 0 radical (unpaired) electrons. The number of alkyl halides is 2. The zero-order chi connectivity index (χ0) is 10.0. The van der Waals surface area contributed by atoms with E-state index in [9.17, 15) is 5.11 Å². The van der Waals surface area contributed by atoms with Gasteiger partial charge in [-0.3, -0.25) is 0 Å². The highest BCUT2D eigenvalue weighted by Crippen LogP contribution is 2.27. The van der Waals surface area contributed by atoms with Crippen molar-refractivity contribution in [1.29, 1.82) is 0 Å². The van der Waals surface area contributed by atoms with Gasteiger partial charge in [-0.05, 0) is 24.1 Å². The molecule has 1 atom stereocenters. The van der Waals surface area contributed by atoms with Crippen LogP contribution in [0.1, 0.15) is 17.2 Å². The Morgan fingerprint density at radius 2 is 1.92 bits per heavy atom. The largest absolute Gasteiger partial charge is 0.386 e. The van der Waals surface area contributed by atoms with Gasteiger partial charge in [-0.15, -0.1) is 23.2 Å². The smallest absolute Gasteiger partial charge is 0.137 e. The van der Waals surface area contributed by atoms with Crippen LogP contribution in [0.25, 0.3) is 0 Å². The fraction of sp³-hybridized carbons (Fsp3) is 0.333. The highest BCUT2D eigenvalue weighted by Gasteiger charge is 2.15. The predicted octanol–water partition coefficient (Wildman–Crippen LogP) is 3.49. The molecule has 0 aliphatic heterocycles. The lowest BCUT2D eigenvalue weighted by Crippen LogP contribution is -2.05. The maximum atomic E-state index is 9.49. The average molecular weight is 240 g/mol. The molecule has 0 saturated heterocycles. The van der Waals surface area contributed by atoms with Crippen LogP contribution in [-0.2, 0) is 0 Å². The molecule has 1 aromatic rings. The molecule has 0 aliphatic carbocycles. The van der Waals surface area contributed by atoms with Gasteiger partial charge in [0.2, 0.25) is 0 Å². The highest BCUT2D eigenvalue weighted by atomic mass is 35.5. The summed E-state index contributed by atoms with van der Waals surface area (Å²) in [6, 6.07) is 5.24. The normalized spacial score (nSPS) is 13.4. The molecule has 1 rings (SSSR count). The molecule has 0 heterocycles. The van der Waals surface area contributed by atoms with Gasteiger partial charge in [-0.1, -0.05) is 23.7 Å². The standard InChI is InChI=1S/C9H9Cl3O/c1-5-2-3-6(4-7(5)10)8(13)9(11)12/h2-4,8-9,13H,1H3. The van der Waals surface area contributed by atoms with Crippen LogP contribution in [0, 0.1) is 6.92 Å². The first-order valence-electron chi connectivity index (χ1n) is 3.74. The minimum atomic E-state index is -0.888. The van der Waals surface area contributed by atoms with E-state index < -0.39 is 10.9 Å². The van der Waals surface area contributed by atoms with E-state index in [0.717, 1.165) is 5.56 Å². The maximum absolute atomic E-state index is 9.49. The van der Waals surface area contributed by atoms with E-state index in [-0.39, 0.29) is 0 Å². The SMILES string of the molecule is Cc1ccc(C(O)C(Cl)Cl)cc1Cl. The summed E-state index contributed by atoms with van der Waals surface area (Å²) in [6.07, 6.45) is -0.888. The molecule has 1 aromatic carbocycles. The van der Waals surface area contributed by atoms with Crippen molar-refractivity contribution in [2.24, 2.45) is 0 Å². The number of aliphatic hydroxyl groups excluding tert-OH is 1. The Balaban J connectivity index is 2.97. The Morgan fingerprint density at radius 1 is 1.31 bits per heavy atom. The summed E-state index contributed by atoms with van der Waals surface area (Å²) in [7, 11) is 0. The average Bonchev–Trinajstić information content (AvgIpc) is 2.08. The zero-order valence-electron chi connectivity index (χ0n) is 6.97. The third-order valence-electron chi connectivity index (χ3n) is 1.78. The number of halogens is 3. The molecule has 0 saturated carbocycles. The summed E-state index contributed by atoms with van der Waals surface area (Å²) >= 11 is 16.9. The van der Waals surface area contributed by atoms with Crippen molar-refractivity contribution in [3.63, 3.8) is 0 Å². The van der Waals surface area contributed by atoms with Crippen molar-refractivity contribution >= 4 is 34.8 Å². The molecule has 4 heteroatoms. The summed E-state index contributed by atoms with van der Waals surface area (Å²) in [5, 5.41) is 10.1. The highest BCUT2D eigenvalue weighted by molar-refractivity contribution is 6.44. The Morgan fingerprint density at radius 3 is 2.38 bits per heavy atom. The summed E-state index contributed by atoms with van der Waals surface area (Å²) < 4.78 is 0. The molecule has 0 amide bonds. The molecule has 0 spiro atoms. The van der Waals surface area contributed by atoms with Gasteiger partial charge in [-0.25, -0.2) is 0 Å². The first kappa shape index (κ1) is 11.1. The third kappa shape index (κ3) is 2.75. The first-order valence-corrected chi connectivity index (χ1v) is 4.99. The summed E-state index contributed by atoms with van der Waals surface area (Å²) in [5.41, 5.74) is 1.59.